The van der Waals surface area contributed by atoms with Gasteiger partial charge in [-0.3, -0.25) is 9.10 Å². The molecule has 0 aliphatic rings. The van der Waals surface area contributed by atoms with E-state index in [1.807, 2.05) is 31.2 Å². The first-order chi connectivity index (χ1) is 13.2. The van der Waals surface area contributed by atoms with E-state index in [0.717, 1.165) is 22.5 Å². The molecule has 2 aromatic rings. The van der Waals surface area contributed by atoms with Crippen LogP contribution in [-0.2, 0) is 21.2 Å². The molecule has 2 rings (SSSR count). The first kappa shape index (κ1) is 21.8. The summed E-state index contributed by atoms with van der Waals surface area (Å²) in [6, 6.07) is 13.4. The van der Waals surface area contributed by atoms with Crippen molar-refractivity contribution in [2.75, 3.05) is 17.7 Å². The summed E-state index contributed by atoms with van der Waals surface area (Å²) >= 11 is 0. The summed E-state index contributed by atoms with van der Waals surface area (Å²) in [5, 5.41) is 2.91. The van der Waals surface area contributed by atoms with Gasteiger partial charge in [0.05, 0.1) is 25.1 Å². The van der Waals surface area contributed by atoms with Crippen molar-refractivity contribution in [1.82, 2.24) is 5.32 Å². The van der Waals surface area contributed by atoms with Gasteiger partial charge in [0.2, 0.25) is 15.9 Å². The van der Waals surface area contributed by atoms with Crippen LogP contribution in [0.4, 0.5) is 5.69 Å². The highest BCUT2D eigenvalue weighted by Crippen LogP contribution is 2.24. The quantitative estimate of drug-likeness (QED) is 0.733. The number of rotatable bonds is 8. The largest absolute Gasteiger partial charge is 0.497 e. The van der Waals surface area contributed by atoms with Gasteiger partial charge >= 0.3 is 0 Å². The molecule has 2 atom stereocenters. The van der Waals surface area contributed by atoms with Crippen LogP contribution in [0.1, 0.15) is 37.9 Å². The van der Waals surface area contributed by atoms with Crippen LogP contribution >= 0.6 is 0 Å². The predicted octanol–water partition coefficient (Wildman–Crippen LogP) is 3.29. The summed E-state index contributed by atoms with van der Waals surface area (Å²) in [5.74, 6) is 0.242. The number of amides is 1. The molecule has 0 bridgehead atoms. The number of benzene rings is 2. The van der Waals surface area contributed by atoms with Crippen LogP contribution in [0.5, 0.6) is 5.75 Å². The van der Waals surface area contributed by atoms with Crippen molar-refractivity contribution in [3.8, 4) is 5.75 Å². The third-order valence-electron chi connectivity index (χ3n) is 4.66. The molecule has 0 radical (unpaired) electrons. The molecule has 0 saturated heterocycles. The minimum absolute atomic E-state index is 0.238. The Bertz CT molecular complexity index is 893. The van der Waals surface area contributed by atoms with E-state index in [-0.39, 0.29) is 11.9 Å². The molecule has 1 N–H and O–H groups in total. The molecule has 0 spiro atoms. The summed E-state index contributed by atoms with van der Waals surface area (Å²) in [6.07, 6.45) is 2.04. The Kier molecular flexibility index (Phi) is 7.07. The number of hydrogen-bond acceptors (Lipinski definition) is 4. The van der Waals surface area contributed by atoms with Crippen molar-refractivity contribution < 1.29 is 17.9 Å². The van der Waals surface area contributed by atoms with Gasteiger partial charge in [-0.15, -0.1) is 0 Å². The van der Waals surface area contributed by atoms with Gasteiger partial charge in [-0.25, -0.2) is 8.42 Å². The van der Waals surface area contributed by atoms with Crippen molar-refractivity contribution in [3.63, 3.8) is 0 Å². The topological polar surface area (TPSA) is 75.7 Å². The summed E-state index contributed by atoms with van der Waals surface area (Å²) in [4.78, 5) is 12.8. The first-order valence-corrected chi connectivity index (χ1v) is 11.0. The summed E-state index contributed by atoms with van der Waals surface area (Å²) < 4.78 is 31.0. The van der Waals surface area contributed by atoms with Gasteiger partial charge in [-0.2, -0.15) is 0 Å². The second kappa shape index (κ2) is 9.10. The Labute approximate surface area is 167 Å². The fourth-order valence-electron chi connectivity index (χ4n) is 3.00. The number of sulfonamides is 1. The molecule has 0 saturated carbocycles. The van der Waals surface area contributed by atoms with Gasteiger partial charge in [-0.05, 0) is 55.7 Å². The molecule has 28 heavy (non-hydrogen) atoms. The molecule has 0 aromatic heterocycles. The number of ether oxygens (including phenoxy) is 1. The Morgan fingerprint density at radius 1 is 1.07 bits per heavy atom. The normalized spacial score (nSPS) is 13.5. The first-order valence-electron chi connectivity index (χ1n) is 9.20. The Balaban J connectivity index is 2.20. The van der Waals surface area contributed by atoms with E-state index in [1.54, 1.807) is 31.2 Å². The lowest BCUT2D eigenvalue weighted by Crippen LogP contribution is -2.48. The van der Waals surface area contributed by atoms with Crippen molar-refractivity contribution in [2.45, 2.75) is 39.3 Å². The molecule has 0 aliphatic heterocycles. The number of carbonyl (C=O) groups is 1. The maximum atomic E-state index is 12.8. The van der Waals surface area contributed by atoms with E-state index in [2.05, 4.69) is 12.2 Å². The average molecular weight is 405 g/mol. The predicted molar refractivity (Wildman–Crippen MR) is 112 cm³/mol. The van der Waals surface area contributed by atoms with Gasteiger partial charge in [-0.1, -0.05) is 31.2 Å². The summed E-state index contributed by atoms with van der Waals surface area (Å²) in [5.41, 5.74) is 2.59. The molecule has 1 amide bonds. The second-order valence-electron chi connectivity index (χ2n) is 6.76. The van der Waals surface area contributed by atoms with Crippen LogP contribution in [-0.4, -0.2) is 33.7 Å². The lowest BCUT2D eigenvalue weighted by molar-refractivity contribution is -0.122. The highest BCUT2D eigenvalue weighted by Gasteiger charge is 2.29. The number of aryl methyl sites for hydroxylation is 1. The third-order valence-corrected chi connectivity index (χ3v) is 5.90. The fourth-order valence-corrected chi connectivity index (χ4v) is 4.17. The molecule has 7 heteroatoms. The molecule has 2 aromatic carbocycles. The van der Waals surface area contributed by atoms with Crippen molar-refractivity contribution >= 4 is 21.6 Å². The molecule has 152 valence electrons. The van der Waals surface area contributed by atoms with Crippen LogP contribution in [0.3, 0.4) is 0 Å². The van der Waals surface area contributed by atoms with Crippen LogP contribution in [0.25, 0.3) is 0 Å². The summed E-state index contributed by atoms with van der Waals surface area (Å²) in [6.45, 7) is 5.54. The molecule has 6 nitrogen and oxygen atoms in total. The average Bonchev–Trinajstić information content (AvgIpc) is 2.67. The maximum Gasteiger partial charge on any atom is 0.244 e. The van der Waals surface area contributed by atoms with E-state index < -0.39 is 16.1 Å². The zero-order valence-electron chi connectivity index (χ0n) is 17.0. The number of nitrogens with one attached hydrogen (secondary N) is 1. The van der Waals surface area contributed by atoms with Gasteiger partial charge in [0.15, 0.2) is 0 Å². The number of carbonyl (C=O) groups excluding carboxylic acids is 1. The zero-order valence-corrected chi connectivity index (χ0v) is 17.8. The molecular formula is C21H28N2O4S. The SMILES string of the molecule is CCc1ccc([C@H](C)NC(=O)[C@@H](C)N(c2ccc(OC)cc2)S(C)(=O)=O)cc1. The highest BCUT2D eigenvalue weighted by atomic mass is 32.2. The Morgan fingerprint density at radius 2 is 1.64 bits per heavy atom. The molecule has 0 heterocycles. The third kappa shape index (κ3) is 5.25. The van der Waals surface area contributed by atoms with Gasteiger partial charge < -0.3 is 10.1 Å². The molecule has 0 fully saturated rings. The summed E-state index contributed by atoms with van der Waals surface area (Å²) in [7, 11) is -2.12. The lowest BCUT2D eigenvalue weighted by atomic mass is 10.0. The van der Waals surface area contributed by atoms with E-state index >= 15 is 0 Å². The van der Waals surface area contributed by atoms with E-state index in [1.165, 1.54) is 12.7 Å². The van der Waals surface area contributed by atoms with Crippen molar-refractivity contribution in [1.29, 1.82) is 0 Å². The standard InChI is InChI=1S/C21H28N2O4S/c1-6-17-7-9-18(10-8-17)15(2)22-21(24)16(3)23(28(5,25)26)19-11-13-20(27-4)14-12-19/h7-16H,6H2,1-5H3,(H,22,24)/t15-,16+/m0/s1. The van der Waals surface area contributed by atoms with E-state index in [0.29, 0.717) is 11.4 Å². The minimum Gasteiger partial charge on any atom is -0.497 e. The number of methoxy groups -OCH3 is 1. The van der Waals surface area contributed by atoms with E-state index in [9.17, 15) is 13.2 Å². The van der Waals surface area contributed by atoms with Gasteiger partial charge in [0.1, 0.15) is 11.8 Å². The number of nitrogens with zero attached hydrogens (tertiary/aromatic N) is 1. The number of hydrogen-bond donors (Lipinski definition) is 1. The molecular weight excluding hydrogens is 376 g/mol. The Morgan fingerprint density at radius 3 is 2.11 bits per heavy atom. The highest BCUT2D eigenvalue weighted by molar-refractivity contribution is 7.92. The zero-order chi connectivity index (χ0) is 20.9. The van der Waals surface area contributed by atoms with Gasteiger partial charge in [0.25, 0.3) is 0 Å². The maximum absolute atomic E-state index is 12.8. The fraction of sp³-hybridized carbons (Fsp3) is 0.381. The van der Waals surface area contributed by atoms with Crippen LogP contribution in [0, 0.1) is 0 Å². The monoisotopic (exact) mass is 404 g/mol. The van der Waals surface area contributed by atoms with Crippen LogP contribution in [0.2, 0.25) is 0 Å². The van der Waals surface area contributed by atoms with Crippen LogP contribution < -0.4 is 14.4 Å². The minimum atomic E-state index is -3.66. The lowest BCUT2D eigenvalue weighted by Gasteiger charge is -2.29. The van der Waals surface area contributed by atoms with Crippen molar-refractivity contribution in [3.05, 3.63) is 59.7 Å². The molecule has 0 unspecified atom stereocenters. The van der Waals surface area contributed by atoms with E-state index in [4.69, 9.17) is 4.74 Å². The smallest absolute Gasteiger partial charge is 0.244 e. The van der Waals surface area contributed by atoms with Crippen molar-refractivity contribution in [2.24, 2.45) is 0 Å². The van der Waals surface area contributed by atoms with Crippen LogP contribution in [0.15, 0.2) is 48.5 Å². The number of anilines is 1. The Hall–Kier alpha value is -2.54. The second-order valence-corrected chi connectivity index (χ2v) is 8.62. The van der Waals surface area contributed by atoms with Gasteiger partial charge in [0, 0.05) is 0 Å². The molecule has 0 aliphatic carbocycles.